The molecule has 4 rings (SSSR count). The summed E-state index contributed by atoms with van der Waals surface area (Å²) in [5.41, 5.74) is 3.54. The van der Waals surface area contributed by atoms with Gasteiger partial charge in [-0.2, -0.15) is 0 Å². The van der Waals surface area contributed by atoms with Crippen LogP contribution in [0.4, 0.5) is 0 Å². The molecule has 19 heavy (non-hydrogen) atoms. The van der Waals surface area contributed by atoms with Crippen molar-refractivity contribution in [3.8, 4) is 11.4 Å². The van der Waals surface area contributed by atoms with Gasteiger partial charge in [-0.1, -0.05) is 47.7 Å². The summed E-state index contributed by atoms with van der Waals surface area (Å²) in [6.45, 7) is 2.11. The second kappa shape index (κ2) is 3.90. The van der Waals surface area contributed by atoms with Crippen LogP contribution in [0.1, 0.15) is 5.56 Å². The third-order valence-corrected chi connectivity index (χ3v) is 4.22. The highest BCUT2D eigenvalue weighted by atomic mass is 32.1. The van der Waals surface area contributed by atoms with E-state index < -0.39 is 0 Å². The Morgan fingerprint density at radius 3 is 2.68 bits per heavy atom. The van der Waals surface area contributed by atoms with Crippen LogP contribution in [-0.4, -0.2) is 14.6 Å². The maximum absolute atomic E-state index is 4.32. The molecule has 4 aromatic rings. The quantitative estimate of drug-likeness (QED) is 0.522. The van der Waals surface area contributed by atoms with Crippen LogP contribution in [0.2, 0.25) is 0 Å². The van der Waals surface area contributed by atoms with Gasteiger partial charge in [0.1, 0.15) is 0 Å². The average Bonchev–Trinajstić information content (AvgIpc) is 2.97. The van der Waals surface area contributed by atoms with Gasteiger partial charge in [-0.15, -0.1) is 10.2 Å². The van der Waals surface area contributed by atoms with Crippen molar-refractivity contribution in [3.05, 3.63) is 54.1 Å². The van der Waals surface area contributed by atoms with Gasteiger partial charge in [0.05, 0.1) is 10.2 Å². The molecule has 3 nitrogen and oxygen atoms in total. The lowest BCUT2D eigenvalue weighted by Crippen LogP contribution is -1.87. The molecule has 2 heterocycles. The predicted octanol–water partition coefficient (Wildman–Crippen LogP) is 3.92. The Hall–Kier alpha value is -2.20. The van der Waals surface area contributed by atoms with Crippen LogP contribution in [-0.2, 0) is 0 Å². The molecule has 0 spiro atoms. The zero-order chi connectivity index (χ0) is 12.8. The van der Waals surface area contributed by atoms with Crippen molar-refractivity contribution in [1.29, 1.82) is 0 Å². The number of rotatable bonds is 1. The first kappa shape index (κ1) is 10.7. The average molecular weight is 265 g/mol. The second-order valence-corrected chi connectivity index (χ2v) is 5.59. The maximum Gasteiger partial charge on any atom is 0.217 e. The minimum absolute atomic E-state index is 0.908. The van der Waals surface area contributed by atoms with Crippen molar-refractivity contribution in [2.45, 2.75) is 6.92 Å². The van der Waals surface area contributed by atoms with Crippen molar-refractivity contribution >= 4 is 26.5 Å². The summed E-state index contributed by atoms with van der Waals surface area (Å²) < 4.78 is 3.39. The Balaban J connectivity index is 2.10. The van der Waals surface area contributed by atoms with Crippen LogP contribution >= 0.6 is 11.3 Å². The minimum Gasteiger partial charge on any atom is -0.265 e. The lowest BCUT2D eigenvalue weighted by molar-refractivity contribution is 1.12. The van der Waals surface area contributed by atoms with E-state index in [1.54, 1.807) is 11.3 Å². The third kappa shape index (κ3) is 1.57. The van der Waals surface area contributed by atoms with E-state index in [9.17, 15) is 0 Å². The van der Waals surface area contributed by atoms with Gasteiger partial charge in [0.2, 0.25) is 4.96 Å². The van der Waals surface area contributed by atoms with Gasteiger partial charge < -0.3 is 0 Å². The predicted molar refractivity (Wildman–Crippen MR) is 78.5 cm³/mol. The molecule has 0 saturated heterocycles. The minimum atomic E-state index is 0.908. The van der Waals surface area contributed by atoms with Crippen LogP contribution in [0.3, 0.4) is 0 Å². The van der Waals surface area contributed by atoms with E-state index in [4.69, 9.17) is 0 Å². The Morgan fingerprint density at radius 1 is 1.00 bits per heavy atom. The van der Waals surface area contributed by atoms with E-state index in [0.29, 0.717) is 0 Å². The van der Waals surface area contributed by atoms with E-state index in [1.165, 1.54) is 15.8 Å². The molecular formula is C15H11N3S. The fourth-order valence-electron chi connectivity index (χ4n) is 2.31. The smallest absolute Gasteiger partial charge is 0.217 e. The number of fused-ring (bicyclic) bond motifs is 3. The third-order valence-electron chi connectivity index (χ3n) is 3.22. The maximum atomic E-state index is 4.32. The molecule has 0 bridgehead atoms. The molecule has 0 atom stereocenters. The van der Waals surface area contributed by atoms with Crippen molar-refractivity contribution in [3.63, 3.8) is 0 Å². The number of hydrogen-bond donors (Lipinski definition) is 0. The Morgan fingerprint density at radius 2 is 1.84 bits per heavy atom. The van der Waals surface area contributed by atoms with Gasteiger partial charge in [-0.05, 0) is 24.6 Å². The van der Waals surface area contributed by atoms with Crippen LogP contribution < -0.4 is 0 Å². The van der Waals surface area contributed by atoms with Crippen molar-refractivity contribution in [1.82, 2.24) is 14.6 Å². The summed E-state index contributed by atoms with van der Waals surface area (Å²) >= 11 is 1.68. The van der Waals surface area contributed by atoms with E-state index in [-0.39, 0.29) is 0 Å². The number of nitrogens with zero attached hydrogens (tertiary/aromatic N) is 3. The highest BCUT2D eigenvalue weighted by Crippen LogP contribution is 2.30. The van der Waals surface area contributed by atoms with Crippen LogP contribution in [0.25, 0.3) is 26.6 Å². The molecule has 0 aliphatic rings. The summed E-state index contributed by atoms with van der Waals surface area (Å²) in [5, 5.41) is 8.61. The molecule has 4 heteroatoms. The second-order valence-electron chi connectivity index (χ2n) is 4.58. The SMILES string of the molecule is Cc1ccc2c(c1)sc1nnc(-c3ccccc3)n12. The first-order valence-electron chi connectivity index (χ1n) is 6.12. The zero-order valence-electron chi connectivity index (χ0n) is 10.4. The van der Waals surface area contributed by atoms with Crippen LogP contribution in [0.5, 0.6) is 0 Å². The lowest BCUT2D eigenvalue weighted by Gasteiger charge is -1.99. The van der Waals surface area contributed by atoms with Crippen molar-refractivity contribution in [2.24, 2.45) is 0 Å². The fourth-order valence-corrected chi connectivity index (χ4v) is 3.38. The van der Waals surface area contributed by atoms with E-state index in [2.05, 4.69) is 51.9 Å². The summed E-state index contributed by atoms with van der Waals surface area (Å²) in [7, 11) is 0. The molecule has 0 N–H and O–H groups in total. The van der Waals surface area contributed by atoms with E-state index in [0.717, 1.165) is 16.3 Å². The topological polar surface area (TPSA) is 30.2 Å². The first-order chi connectivity index (χ1) is 9.33. The molecule has 0 fully saturated rings. The molecule has 92 valence electrons. The van der Waals surface area contributed by atoms with E-state index in [1.807, 2.05) is 18.2 Å². The number of aromatic nitrogens is 3. The monoisotopic (exact) mass is 265 g/mol. The molecule has 0 amide bonds. The van der Waals surface area contributed by atoms with Crippen molar-refractivity contribution in [2.75, 3.05) is 0 Å². The summed E-state index contributed by atoms with van der Waals surface area (Å²) in [6, 6.07) is 16.7. The molecule has 0 saturated carbocycles. The largest absolute Gasteiger partial charge is 0.265 e. The molecule has 2 aromatic heterocycles. The van der Waals surface area contributed by atoms with Gasteiger partial charge in [0, 0.05) is 5.56 Å². The Bertz CT molecular complexity index is 874. The number of benzene rings is 2. The molecule has 0 aliphatic heterocycles. The summed E-state index contributed by atoms with van der Waals surface area (Å²) in [6.07, 6.45) is 0. The van der Waals surface area contributed by atoms with Gasteiger partial charge in [0.25, 0.3) is 0 Å². The van der Waals surface area contributed by atoms with Crippen LogP contribution in [0.15, 0.2) is 48.5 Å². The lowest BCUT2D eigenvalue weighted by atomic mass is 10.2. The molecular weight excluding hydrogens is 254 g/mol. The Labute approximate surface area is 114 Å². The van der Waals surface area contributed by atoms with E-state index >= 15 is 0 Å². The fraction of sp³-hybridized carbons (Fsp3) is 0.0667. The zero-order valence-corrected chi connectivity index (χ0v) is 11.2. The molecule has 0 unspecified atom stereocenters. The first-order valence-corrected chi connectivity index (χ1v) is 6.94. The van der Waals surface area contributed by atoms with Gasteiger partial charge in [-0.25, -0.2) is 0 Å². The van der Waals surface area contributed by atoms with Gasteiger partial charge in [-0.3, -0.25) is 4.40 Å². The number of aryl methyl sites for hydroxylation is 1. The molecule has 2 aromatic carbocycles. The number of hydrogen-bond acceptors (Lipinski definition) is 3. The molecule has 0 radical (unpaired) electrons. The van der Waals surface area contributed by atoms with Crippen molar-refractivity contribution < 1.29 is 0 Å². The highest BCUT2D eigenvalue weighted by Gasteiger charge is 2.13. The normalized spacial score (nSPS) is 11.4. The summed E-state index contributed by atoms with van der Waals surface area (Å²) in [4.78, 5) is 0.944. The number of thiazole rings is 1. The summed E-state index contributed by atoms with van der Waals surface area (Å²) in [5.74, 6) is 0.908. The van der Waals surface area contributed by atoms with Crippen LogP contribution in [0, 0.1) is 6.92 Å². The van der Waals surface area contributed by atoms with Gasteiger partial charge in [0.15, 0.2) is 5.82 Å². The van der Waals surface area contributed by atoms with Gasteiger partial charge >= 0.3 is 0 Å². The standard InChI is InChI=1S/C15H11N3S/c1-10-7-8-12-13(9-10)19-15-17-16-14(18(12)15)11-5-3-2-4-6-11/h2-9H,1H3. The Kier molecular flexibility index (Phi) is 2.19. The molecule has 0 aliphatic carbocycles. The highest BCUT2D eigenvalue weighted by molar-refractivity contribution is 7.23.